The minimum absolute atomic E-state index is 0.341. The lowest BCUT2D eigenvalue weighted by Gasteiger charge is -2.05. The smallest absolute Gasteiger partial charge is 0.104 e. The summed E-state index contributed by atoms with van der Waals surface area (Å²) in [6.45, 7) is 8.00. The van der Waals surface area contributed by atoms with Crippen LogP contribution in [0.1, 0.15) is 13.8 Å². The molecule has 4 aromatic carbocycles. The van der Waals surface area contributed by atoms with E-state index < -0.39 is 6.10 Å². The van der Waals surface area contributed by atoms with E-state index >= 15 is 0 Å². The molecule has 4 aromatic rings. The number of benzene rings is 4. The number of methoxy groups -OCH3 is 4. The third-order valence-electron chi connectivity index (χ3n) is 5.55. The van der Waals surface area contributed by atoms with Crippen LogP contribution in [0.5, 0.6) is 0 Å². The van der Waals surface area contributed by atoms with Crippen LogP contribution in [0.3, 0.4) is 0 Å². The van der Waals surface area contributed by atoms with Crippen LogP contribution < -0.4 is 0 Å². The summed E-state index contributed by atoms with van der Waals surface area (Å²) in [4.78, 5) is 0. The summed E-state index contributed by atoms with van der Waals surface area (Å²) in [6, 6.07) is 33.4. The largest absolute Gasteiger partial charge is 0.388 e. The molecule has 2 aliphatic heterocycles. The summed E-state index contributed by atoms with van der Waals surface area (Å²) < 4.78 is 28.4. The molecule has 2 unspecified atom stereocenters. The van der Waals surface area contributed by atoms with Crippen molar-refractivity contribution < 1.29 is 33.5 Å². The van der Waals surface area contributed by atoms with Gasteiger partial charge in [-0.05, 0) is 21.5 Å². The first-order chi connectivity index (χ1) is 20.6. The van der Waals surface area contributed by atoms with Crippen LogP contribution in [-0.4, -0.2) is 91.5 Å². The molecule has 2 fully saturated rings. The number of epoxide rings is 2. The third-order valence-corrected chi connectivity index (χ3v) is 5.55. The van der Waals surface area contributed by atoms with Crippen molar-refractivity contribution in [1.29, 1.82) is 0 Å². The van der Waals surface area contributed by atoms with Crippen LogP contribution in [0.25, 0.3) is 21.5 Å². The van der Waals surface area contributed by atoms with Crippen molar-refractivity contribution in [3.05, 3.63) is 97.1 Å². The van der Waals surface area contributed by atoms with E-state index in [-0.39, 0.29) is 0 Å². The van der Waals surface area contributed by atoms with Gasteiger partial charge >= 0.3 is 0 Å². The van der Waals surface area contributed by atoms with E-state index in [1.165, 1.54) is 21.5 Å². The predicted octanol–water partition coefficient (Wildman–Crippen LogP) is 6.41. The van der Waals surface area contributed by atoms with Gasteiger partial charge in [0.1, 0.15) is 18.3 Å². The molecule has 0 bridgehead atoms. The highest BCUT2D eigenvalue weighted by Gasteiger charge is 2.21. The van der Waals surface area contributed by atoms with E-state index in [1.807, 2.05) is 13.8 Å². The molecule has 232 valence electrons. The van der Waals surface area contributed by atoms with Gasteiger partial charge in [0.15, 0.2) is 0 Å². The SMILES string of the molecule is CC.COCC(O)COC.COCC1CO1.COCC1CO1.c1ccc2ccccc2c1.c1ccc2ccccc2c1. The molecule has 2 saturated heterocycles. The van der Waals surface area contributed by atoms with E-state index in [0.717, 1.165) is 26.4 Å². The Labute approximate surface area is 252 Å². The Hall–Kier alpha value is -2.88. The van der Waals surface area contributed by atoms with Gasteiger partial charge in [0, 0.05) is 28.4 Å². The van der Waals surface area contributed by atoms with Gasteiger partial charge in [-0.1, -0.05) is 111 Å². The molecule has 0 aliphatic carbocycles. The Kier molecular flexibility index (Phi) is 21.8. The maximum atomic E-state index is 8.80. The van der Waals surface area contributed by atoms with Crippen LogP contribution in [0, 0.1) is 0 Å². The normalized spacial score (nSPS) is 15.6. The van der Waals surface area contributed by atoms with Gasteiger partial charge in [-0.15, -0.1) is 0 Å². The fourth-order valence-corrected chi connectivity index (χ4v) is 3.40. The number of ether oxygens (including phenoxy) is 6. The molecule has 0 aromatic heterocycles. The Balaban J connectivity index is 0.000000263. The van der Waals surface area contributed by atoms with Gasteiger partial charge in [-0.3, -0.25) is 0 Å². The molecular weight excluding hydrogens is 532 g/mol. The molecule has 7 nitrogen and oxygen atoms in total. The summed E-state index contributed by atoms with van der Waals surface area (Å²) in [6.07, 6.45) is 0.370. The molecule has 6 rings (SSSR count). The zero-order valence-corrected chi connectivity index (χ0v) is 26.1. The second-order valence-corrected chi connectivity index (χ2v) is 9.08. The van der Waals surface area contributed by atoms with Crippen molar-refractivity contribution in [1.82, 2.24) is 0 Å². The molecule has 1 N–H and O–H groups in total. The fourth-order valence-electron chi connectivity index (χ4n) is 3.40. The molecule has 2 atom stereocenters. The predicted molar refractivity (Wildman–Crippen MR) is 172 cm³/mol. The van der Waals surface area contributed by atoms with Crippen molar-refractivity contribution in [2.75, 3.05) is 68.1 Å². The van der Waals surface area contributed by atoms with Crippen molar-refractivity contribution in [2.45, 2.75) is 32.2 Å². The molecule has 7 heteroatoms. The monoisotopic (exact) mass is 582 g/mol. The Morgan fingerprint density at radius 1 is 0.548 bits per heavy atom. The van der Waals surface area contributed by atoms with E-state index in [1.54, 1.807) is 28.4 Å². The van der Waals surface area contributed by atoms with Crippen LogP contribution in [-0.2, 0) is 28.4 Å². The van der Waals surface area contributed by atoms with Gasteiger partial charge in [-0.2, -0.15) is 0 Å². The quantitative estimate of drug-likeness (QED) is 0.241. The number of rotatable bonds is 8. The minimum Gasteiger partial charge on any atom is -0.388 e. The first kappa shape index (κ1) is 37.1. The van der Waals surface area contributed by atoms with E-state index in [9.17, 15) is 0 Å². The lowest BCUT2D eigenvalue weighted by molar-refractivity contribution is 0.00980. The number of aliphatic hydroxyl groups excluding tert-OH is 1. The minimum atomic E-state index is -0.481. The topological polar surface area (TPSA) is 82.2 Å². The highest BCUT2D eigenvalue weighted by atomic mass is 16.6. The molecule has 0 spiro atoms. The summed E-state index contributed by atoms with van der Waals surface area (Å²) in [5, 5.41) is 14.0. The average Bonchev–Trinajstić information content (AvgIpc) is 3.98. The molecule has 0 radical (unpaired) electrons. The number of hydrogen-bond acceptors (Lipinski definition) is 7. The van der Waals surface area contributed by atoms with Crippen LogP contribution >= 0.6 is 0 Å². The Bertz CT molecular complexity index is 940. The average molecular weight is 583 g/mol. The maximum absolute atomic E-state index is 8.80. The van der Waals surface area contributed by atoms with Crippen LogP contribution in [0.15, 0.2) is 97.1 Å². The van der Waals surface area contributed by atoms with Gasteiger partial charge in [-0.25, -0.2) is 0 Å². The summed E-state index contributed by atoms with van der Waals surface area (Å²) in [7, 11) is 6.45. The molecule has 42 heavy (non-hydrogen) atoms. The Morgan fingerprint density at radius 3 is 0.929 bits per heavy atom. The zero-order valence-electron chi connectivity index (χ0n) is 26.1. The van der Waals surface area contributed by atoms with Crippen molar-refractivity contribution >= 4 is 21.5 Å². The fraction of sp³-hybridized carbons (Fsp3) is 0.429. The van der Waals surface area contributed by atoms with Gasteiger partial charge in [0.05, 0.1) is 39.6 Å². The highest BCUT2D eigenvalue weighted by Crippen LogP contribution is 2.12. The van der Waals surface area contributed by atoms with Crippen molar-refractivity contribution in [2.24, 2.45) is 0 Å². The number of aliphatic hydroxyl groups is 1. The molecule has 2 heterocycles. The summed E-state index contributed by atoms with van der Waals surface area (Å²) in [5.74, 6) is 0. The standard InChI is InChI=1S/2C10H8.C5H12O3.2C4H8O2.C2H6/c2*1-2-6-10-8-4-3-7-9(10)5-1;1-7-3-5(6)4-8-2;2*1-5-2-4-3-6-4;1-2/h2*1-8H;5-6H,3-4H2,1-2H3;2*4H,2-3H2,1H3;1-2H3. The number of fused-ring (bicyclic) bond motifs is 2. The van der Waals surface area contributed by atoms with Crippen LogP contribution in [0.4, 0.5) is 0 Å². The highest BCUT2D eigenvalue weighted by molar-refractivity contribution is 5.82. The van der Waals surface area contributed by atoms with E-state index in [2.05, 4.69) is 107 Å². The van der Waals surface area contributed by atoms with Gasteiger partial charge in [0.2, 0.25) is 0 Å². The second kappa shape index (κ2) is 24.7. The maximum Gasteiger partial charge on any atom is 0.104 e. The molecule has 2 aliphatic rings. The van der Waals surface area contributed by atoms with Crippen LogP contribution in [0.2, 0.25) is 0 Å². The lowest BCUT2D eigenvalue weighted by Crippen LogP contribution is -2.19. The lowest BCUT2D eigenvalue weighted by atomic mass is 10.1. The van der Waals surface area contributed by atoms with Gasteiger partial charge < -0.3 is 33.5 Å². The van der Waals surface area contributed by atoms with Crippen molar-refractivity contribution in [3.8, 4) is 0 Å². The van der Waals surface area contributed by atoms with E-state index in [0.29, 0.717) is 25.4 Å². The summed E-state index contributed by atoms with van der Waals surface area (Å²) >= 11 is 0. The summed E-state index contributed by atoms with van der Waals surface area (Å²) in [5.41, 5.74) is 0. The first-order valence-corrected chi connectivity index (χ1v) is 14.4. The molecular formula is C35H50O7. The Morgan fingerprint density at radius 2 is 0.786 bits per heavy atom. The third kappa shape index (κ3) is 18.5. The second-order valence-electron chi connectivity index (χ2n) is 9.08. The van der Waals surface area contributed by atoms with E-state index in [4.69, 9.17) is 24.1 Å². The molecule has 0 saturated carbocycles. The zero-order chi connectivity index (χ0) is 30.8. The first-order valence-electron chi connectivity index (χ1n) is 14.4. The van der Waals surface area contributed by atoms with Crippen molar-refractivity contribution in [3.63, 3.8) is 0 Å². The van der Waals surface area contributed by atoms with Gasteiger partial charge in [0.25, 0.3) is 0 Å². The molecule has 0 amide bonds. The number of hydrogen-bond donors (Lipinski definition) is 1.